The van der Waals surface area contributed by atoms with E-state index < -0.39 is 0 Å². The third-order valence-corrected chi connectivity index (χ3v) is 6.60. The second kappa shape index (κ2) is 6.92. The third kappa shape index (κ3) is 2.74. The SMILES string of the molecule is Cc1c(C(=O)c2cccs2)c(=O)n(C)c2cc(N3CCCC3C)c(C#N)cc12. The number of carbonyl (C=O) groups excluding carboxylic acids is 1. The Morgan fingerprint density at radius 1 is 1.36 bits per heavy atom. The Labute approximate surface area is 167 Å². The molecule has 2 aromatic heterocycles. The summed E-state index contributed by atoms with van der Waals surface area (Å²) in [6.07, 6.45) is 2.19. The van der Waals surface area contributed by atoms with Crippen molar-refractivity contribution in [1.82, 2.24) is 4.57 Å². The molecule has 1 unspecified atom stereocenters. The highest BCUT2D eigenvalue weighted by atomic mass is 32.1. The molecular weight excluding hydrogens is 370 g/mol. The fourth-order valence-electron chi connectivity index (χ4n) is 4.14. The predicted molar refractivity (Wildman–Crippen MR) is 112 cm³/mol. The minimum absolute atomic E-state index is 0.184. The van der Waals surface area contributed by atoms with E-state index in [-0.39, 0.29) is 16.9 Å². The van der Waals surface area contributed by atoms with Crippen molar-refractivity contribution in [3.05, 3.63) is 61.6 Å². The van der Waals surface area contributed by atoms with Gasteiger partial charge in [0.15, 0.2) is 0 Å². The molecule has 3 aromatic rings. The van der Waals surface area contributed by atoms with Crippen molar-refractivity contribution in [2.75, 3.05) is 11.4 Å². The summed E-state index contributed by atoms with van der Waals surface area (Å²) in [7, 11) is 1.69. The number of benzene rings is 1. The Morgan fingerprint density at radius 2 is 2.14 bits per heavy atom. The largest absolute Gasteiger partial charge is 0.368 e. The van der Waals surface area contributed by atoms with Crippen LogP contribution in [0.3, 0.4) is 0 Å². The molecule has 1 aliphatic heterocycles. The van der Waals surface area contributed by atoms with E-state index in [0.29, 0.717) is 22.0 Å². The normalized spacial score (nSPS) is 16.5. The number of ketones is 1. The first-order chi connectivity index (χ1) is 13.4. The molecule has 0 amide bonds. The van der Waals surface area contributed by atoms with Crippen LogP contribution in [0.1, 0.15) is 46.1 Å². The fourth-order valence-corrected chi connectivity index (χ4v) is 4.81. The highest BCUT2D eigenvalue weighted by Crippen LogP contribution is 2.33. The minimum atomic E-state index is -0.298. The molecule has 6 heteroatoms. The first-order valence-electron chi connectivity index (χ1n) is 9.36. The number of thiophene rings is 1. The average molecular weight is 391 g/mol. The highest BCUT2D eigenvalue weighted by molar-refractivity contribution is 7.12. The summed E-state index contributed by atoms with van der Waals surface area (Å²) in [6.45, 7) is 4.86. The van der Waals surface area contributed by atoms with E-state index in [4.69, 9.17) is 0 Å². The van der Waals surface area contributed by atoms with E-state index >= 15 is 0 Å². The van der Waals surface area contributed by atoms with E-state index in [9.17, 15) is 14.9 Å². The van der Waals surface area contributed by atoms with Gasteiger partial charge in [-0.2, -0.15) is 5.26 Å². The van der Waals surface area contributed by atoms with Crippen LogP contribution < -0.4 is 10.5 Å². The molecule has 0 N–H and O–H groups in total. The maximum atomic E-state index is 13.1. The van der Waals surface area contributed by atoms with Gasteiger partial charge in [0.25, 0.3) is 5.56 Å². The van der Waals surface area contributed by atoms with Crippen LogP contribution >= 0.6 is 11.3 Å². The molecular formula is C22H21N3O2S. The molecule has 142 valence electrons. The summed E-state index contributed by atoms with van der Waals surface area (Å²) < 4.78 is 1.54. The van der Waals surface area contributed by atoms with Crippen LogP contribution in [0.15, 0.2) is 34.4 Å². The lowest BCUT2D eigenvalue weighted by atomic mass is 9.98. The molecule has 5 nitrogen and oxygen atoms in total. The number of nitriles is 1. The van der Waals surface area contributed by atoms with Gasteiger partial charge in [0, 0.05) is 25.0 Å². The number of nitrogens with zero attached hydrogens (tertiary/aromatic N) is 3. The van der Waals surface area contributed by atoms with Crippen molar-refractivity contribution in [2.45, 2.75) is 32.7 Å². The summed E-state index contributed by atoms with van der Waals surface area (Å²) in [5, 5.41) is 12.4. The summed E-state index contributed by atoms with van der Waals surface area (Å²) in [6, 6.07) is 9.97. The Balaban J connectivity index is 1.99. The van der Waals surface area contributed by atoms with E-state index in [2.05, 4.69) is 17.9 Å². The number of aromatic nitrogens is 1. The zero-order valence-electron chi connectivity index (χ0n) is 16.2. The van der Waals surface area contributed by atoms with Gasteiger partial charge in [-0.25, -0.2) is 0 Å². The lowest BCUT2D eigenvalue weighted by molar-refractivity contribution is 0.104. The zero-order chi connectivity index (χ0) is 20.0. The van der Waals surface area contributed by atoms with Gasteiger partial charge in [-0.15, -0.1) is 11.3 Å². The monoisotopic (exact) mass is 391 g/mol. The highest BCUT2D eigenvalue weighted by Gasteiger charge is 2.26. The van der Waals surface area contributed by atoms with Crippen LogP contribution in [0.4, 0.5) is 5.69 Å². The summed E-state index contributed by atoms with van der Waals surface area (Å²) >= 11 is 1.32. The van der Waals surface area contributed by atoms with E-state index in [1.165, 1.54) is 15.9 Å². The molecule has 0 bridgehead atoms. The van der Waals surface area contributed by atoms with Crippen molar-refractivity contribution < 1.29 is 4.79 Å². The number of fused-ring (bicyclic) bond motifs is 1. The van der Waals surface area contributed by atoms with Gasteiger partial charge in [0.1, 0.15) is 6.07 Å². The Kier molecular flexibility index (Phi) is 4.56. The number of hydrogen-bond acceptors (Lipinski definition) is 5. The van der Waals surface area contributed by atoms with Crippen molar-refractivity contribution in [3.63, 3.8) is 0 Å². The van der Waals surface area contributed by atoms with E-state index in [0.717, 1.165) is 36.0 Å². The molecule has 1 aliphatic rings. The summed E-state index contributed by atoms with van der Waals surface area (Å²) in [5.74, 6) is -0.259. The molecule has 3 heterocycles. The Hall–Kier alpha value is -2.91. The molecule has 28 heavy (non-hydrogen) atoms. The molecule has 0 spiro atoms. The number of hydrogen-bond donors (Lipinski definition) is 0. The fraction of sp³-hybridized carbons (Fsp3) is 0.318. The molecule has 0 saturated carbocycles. The van der Waals surface area contributed by atoms with Crippen LogP contribution in [0, 0.1) is 18.3 Å². The molecule has 0 radical (unpaired) electrons. The minimum Gasteiger partial charge on any atom is -0.368 e. The Bertz CT molecular complexity index is 1190. The van der Waals surface area contributed by atoms with Gasteiger partial charge < -0.3 is 9.47 Å². The average Bonchev–Trinajstić information content (AvgIpc) is 3.37. The van der Waals surface area contributed by atoms with E-state index in [1.54, 1.807) is 26.1 Å². The second-order valence-corrected chi connectivity index (χ2v) is 8.30. The van der Waals surface area contributed by atoms with Crippen molar-refractivity contribution in [2.24, 2.45) is 7.05 Å². The molecule has 1 atom stereocenters. The van der Waals surface area contributed by atoms with Crippen LogP contribution in [-0.2, 0) is 7.05 Å². The Morgan fingerprint density at radius 3 is 2.75 bits per heavy atom. The molecule has 1 saturated heterocycles. The molecule has 1 aromatic carbocycles. The van der Waals surface area contributed by atoms with Gasteiger partial charge in [-0.1, -0.05) is 6.07 Å². The maximum absolute atomic E-state index is 13.1. The predicted octanol–water partition coefficient (Wildman–Crippen LogP) is 4.00. The molecule has 4 rings (SSSR count). The van der Waals surface area contributed by atoms with Gasteiger partial charge in [-0.05, 0) is 55.8 Å². The first kappa shape index (κ1) is 18.5. The summed E-state index contributed by atoms with van der Waals surface area (Å²) in [4.78, 5) is 28.8. The van der Waals surface area contributed by atoms with Gasteiger partial charge in [0.2, 0.25) is 5.78 Å². The van der Waals surface area contributed by atoms with E-state index in [1.807, 2.05) is 17.5 Å². The second-order valence-electron chi connectivity index (χ2n) is 7.35. The van der Waals surface area contributed by atoms with Crippen LogP contribution in [0.2, 0.25) is 0 Å². The number of carbonyl (C=O) groups is 1. The lowest BCUT2D eigenvalue weighted by Crippen LogP contribution is -2.29. The topological polar surface area (TPSA) is 66.1 Å². The third-order valence-electron chi connectivity index (χ3n) is 5.73. The van der Waals surface area contributed by atoms with Gasteiger partial charge in [-0.3, -0.25) is 9.59 Å². The molecule has 1 fully saturated rings. The first-order valence-corrected chi connectivity index (χ1v) is 10.2. The number of aryl methyl sites for hydroxylation is 2. The maximum Gasteiger partial charge on any atom is 0.262 e. The van der Waals surface area contributed by atoms with Crippen LogP contribution in [0.25, 0.3) is 10.9 Å². The van der Waals surface area contributed by atoms with Gasteiger partial charge in [0.05, 0.1) is 27.2 Å². The number of rotatable bonds is 3. The smallest absolute Gasteiger partial charge is 0.262 e. The van der Waals surface area contributed by atoms with Crippen molar-refractivity contribution in [3.8, 4) is 6.07 Å². The quantitative estimate of drug-likeness (QED) is 0.633. The standard InChI is InChI=1S/C22H21N3O2S/c1-13-6-4-8-25(13)17-11-18-16(10-15(17)12-23)14(2)20(22(27)24(18)3)21(26)19-7-5-9-28-19/h5,7,9-11,13H,4,6,8H2,1-3H3. The van der Waals surface area contributed by atoms with Crippen LogP contribution in [0.5, 0.6) is 0 Å². The zero-order valence-corrected chi connectivity index (χ0v) is 17.0. The number of anilines is 1. The molecule has 0 aliphatic carbocycles. The van der Waals surface area contributed by atoms with Crippen LogP contribution in [-0.4, -0.2) is 22.9 Å². The van der Waals surface area contributed by atoms with Crippen molar-refractivity contribution in [1.29, 1.82) is 5.26 Å². The summed E-state index contributed by atoms with van der Waals surface area (Å²) in [5.41, 5.74) is 2.72. The lowest BCUT2D eigenvalue weighted by Gasteiger charge is -2.26. The van der Waals surface area contributed by atoms with Crippen molar-refractivity contribution >= 4 is 33.7 Å². The number of pyridine rings is 1. The van der Waals surface area contributed by atoms with Gasteiger partial charge >= 0.3 is 0 Å².